The van der Waals surface area contributed by atoms with E-state index >= 15 is 0 Å². The zero-order chi connectivity index (χ0) is 20.4. The number of alkyl halides is 3. The standard InChI is InChI=1S/C18H20F3N3O2S.HI/c1-11-4-12(2)6-15(5-11)24-17(22)23-10-13-7-14(18(19,20)21)9-16(8-13)27(3,25)26;/h4-9H,10H2,1-3H3,(H3,22,23,24);1H. The third-order valence-corrected chi connectivity index (χ3v) is 4.74. The van der Waals surface area contributed by atoms with Gasteiger partial charge in [0, 0.05) is 11.9 Å². The number of rotatable bonds is 4. The molecule has 0 aliphatic carbocycles. The van der Waals surface area contributed by atoms with Crippen molar-refractivity contribution in [3.05, 3.63) is 58.7 Å². The minimum absolute atomic E-state index is 0. The van der Waals surface area contributed by atoms with E-state index in [9.17, 15) is 21.6 Å². The van der Waals surface area contributed by atoms with Crippen LogP contribution < -0.4 is 11.1 Å². The van der Waals surface area contributed by atoms with Gasteiger partial charge in [0.1, 0.15) is 0 Å². The number of aliphatic imine (C=N–C) groups is 1. The van der Waals surface area contributed by atoms with Gasteiger partial charge in [-0.15, -0.1) is 24.0 Å². The van der Waals surface area contributed by atoms with Crippen molar-refractivity contribution in [1.82, 2.24) is 0 Å². The van der Waals surface area contributed by atoms with Crippen molar-refractivity contribution in [2.75, 3.05) is 11.6 Å². The molecule has 10 heteroatoms. The average molecular weight is 527 g/mol. The lowest BCUT2D eigenvalue weighted by atomic mass is 10.1. The summed E-state index contributed by atoms with van der Waals surface area (Å²) in [5.74, 6) is 0.0123. The highest BCUT2D eigenvalue weighted by Gasteiger charge is 2.32. The molecule has 0 bridgehead atoms. The molecule has 3 N–H and O–H groups in total. The first-order chi connectivity index (χ1) is 12.3. The van der Waals surface area contributed by atoms with Gasteiger partial charge in [-0.05, 0) is 60.9 Å². The summed E-state index contributed by atoms with van der Waals surface area (Å²) in [6.07, 6.45) is -3.81. The molecule has 0 spiro atoms. The Balaban J connectivity index is 0.00000392. The maximum Gasteiger partial charge on any atom is 0.416 e. The third-order valence-electron chi connectivity index (χ3n) is 3.65. The fourth-order valence-corrected chi connectivity index (χ4v) is 3.25. The summed E-state index contributed by atoms with van der Waals surface area (Å²) < 4.78 is 62.4. The van der Waals surface area contributed by atoms with Crippen molar-refractivity contribution in [1.29, 1.82) is 0 Å². The van der Waals surface area contributed by atoms with Crippen LogP contribution >= 0.6 is 24.0 Å². The molecule has 0 fully saturated rings. The van der Waals surface area contributed by atoms with Gasteiger partial charge < -0.3 is 11.1 Å². The second kappa shape index (κ2) is 9.12. The number of aryl methyl sites for hydroxylation is 2. The average Bonchev–Trinajstić information content (AvgIpc) is 2.50. The van der Waals surface area contributed by atoms with E-state index in [0.29, 0.717) is 11.8 Å². The number of sulfone groups is 1. The van der Waals surface area contributed by atoms with Crippen LogP contribution in [0.15, 0.2) is 46.3 Å². The first-order valence-electron chi connectivity index (χ1n) is 7.91. The molecule has 0 heterocycles. The predicted molar refractivity (Wildman–Crippen MR) is 115 cm³/mol. The fourth-order valence-electron chi connectivity index (χ4n) is 2.54. The van der Waals surface area contributed by atoms with Crippen molar-refractivity contribution in [3.8, 4) is 0 Å². The minimum atomic E-state index is -4.66. The Labute approximate surface area is 179 Å². The molecule has 0 saturated heterocycles. The van der Waals surface area contributed by atoms with Gasteiger partial charge in [0.25, 0.3) is 0 Å². The van der Waals surface area contributed by atoms with Crippen LogP contribution in [0.3, 0.4) is 0 Å². The number of nitrogens with two attached hydrogens (primary N) is 1. The van der Waals surface area contributed by atoms with Crippen LogP contribution in [0, 0.1) is 13.8 Å². The van der Waals surface area contributed by atoms with Gasteiger partial charge in [0.15, 0.2) is 15.8 Å². The van der Waals surface area contributed by atoms with Gasteiger partial charge in [-0.3, -0.25) is 0 Å². The summed E-state index contributed by atoms with van der Waals surface area (Å²) in [5, 5.41) is 2.87. The quantitative estimate of drug-likeness (QED) is 0.354. The molecule has 0 atom stereocenters. The van der Waals surface area contributed by atoms with Crippen molar-refractivity contribution in [3.63, 3.8) is 0 Å². The number of benzene rings is 2. The fraction of sp³-hybridized carbons (Fsp3) is 0.278. The normalized spacial score (nSPS) is 12.4. The predicted octanol–water partition coefficient (Wildman–Crippen LogP) is 4.27. The summed E-state index contributed by atoms with van der Waals surface area (Å²) in [6, 6.07) is 8.32. The highest BCUT2D eigenvalue weighted by molar-refractivity contribution is 14.0. The van der Waals surface area contributed by atoms with Crippen LogP contribution in [0.4, 0.5) is 18.9 Å². The molecular formula is C18H21F3IN3O2S. The molecule has 5 nitrogen and oxygen atoms in total. The number of nitrogens with one attached hydrogen (secondary N) is 1. The first kappa shape index (κ1) is 24.2. The number of halogens is 4. The second-order valence-electron chi connectivity index (χ2n) is 6.34. The van der Waals surface area contributed by atoms with Crippen molar-refractivity contribution in [2.24, 2.45) is 10.7 Å². The SMILES string of the molecule is Cc1cc(C)cc(NC(N)=NCc2cc(C(F)(F)F)cc(S(C)(=O)=O)c2)c1.I. The maximum atomic E-state index is 13.0. The summed E-state index contributed by atoms with van der Waals surface area (Å²) in [7, 11) is -3.80. The summed E-state index contributed by atoms with van der Waals surface area (Å²) in [4.78, 5) is 3.60. The van der Waals surface area contributed by atoms with E-state index in [1.54, 1.807) is 0 Å². The number of nitrogens with zero attached hydrogens (tertiary/aromatic N) is 1. The maximum absolute atomic E-state index is 13.0. The molecule has 154 valence electrons. The number of guanidine groups is 1. The smallest absolute Gasteiger partial charge is 0.370 e. The number of hydrogen-bond donors (Lipinski definition) is 2. The van der Waals surface area contributed by atoms with Crippen LogP contribution in [0.25, 0.3) is 0 Å². The van der Waals surface area contributed by atoms with E-state index in [1.807, 2.05) is 32.0 Å². The van der Waals surface area contributed by atoms with Crippen LogP contribution in [0.1, 0.15) is 22.3 Å². The molecule has 0 amide bonds. The Morgan fingerprint density at radius 1 is 1.07 bits per heavy atom. The Hall–Kier alpha value is -1.82. The van der Waals surface area contributed by atoms with Crippen LogP contribution in [0.2, 0.25) is 0 Å². The Bertz CT molecular complexity index is 970. The zero-order valence-corrected chi connectivity index (χ0v) is 18.6. The molecular weight excluding hydrogens is 506 g/mol. The van der Waals surface area contributed by atoms with E-state index in [1.165, 1.54) is 0 Å². The summed E-state index contributed by atoms with van der Waals surface area (Å²) in [6.45, 7) is 3.64. The number of anilines is 1. The molecule has 0 aliphatic heterocycles. The molecule has 28 heavy (non-hydrogen) atoms. The van der Waals surface area contributed by atoms with E-state index in [4.69, 9.17) is 5.73 Å². The molecule has 2 aromatic rings. The lowest BCUT2D eigenvalue weighted by Gasteiger charge is -2.11. The molecule has 2 rings (SSSR count). The second-order valence-corrected chi connectivity index (χ2v) is 8.35. The van der Waals surface area contributed by atoms with Gasteiger partial charge >= 0.3 is 6.18 Å². The minimum Gasteiger partial charge on any atom is -0.370 e. The van der Waals surface area contributed by atoms with Gasteiger partial charge in [-0.1, -0.05) is 6.07 Å². The van der Waals surface area contributed by atoms with Crippen molar-refractivity contribution >= 4 is 45.5 Å². The van der Waals surface area contributed by atoms with Gasteiger partial charge in [-0.2, -0.15) is 13.2 Å². The summed E-state index contributed by atoms with van der Waals surface area (Å²) >= 11 is 0. The topological polar surface area (TPSA) is 84.5 Å². The molecule has 0 aliphatic rings. The number of hydrogen-bond acceptors (Lipinski definition) is 3. The van der Waals surface area contributed by atoms with Gasteiger partial charge in [-0.25, -0.2) is 13.4 Å². The lowest BCUT2D eigenvalue weighted by molar-refractivity contribution is -0.137. The molecule has 0 radical (unpaired) electrons. The first-order valence-corrected chi connectivity index (χ1v) is 9.80. The Morgan fingerprint density at radius 3 is 2.14 bits per heavy atom. The van der Waals surface area contributed by atoms with Gasteiger partial charge in [0.2, 0.25) is 0 Å². The van der Waals surface area contributed by atoms with E-state index in [0.717, 1.165) is 29.5 Å². The molecule has 0 saturated carbocycles. The van der Waals surface area contributed by atoms with Crippen molar-refractivity contribution < 1.29 is 21.6 Å². The largest absolute Gasteiger partial charge is 0.416 e. The van der Waals surface area contributed by atoms with Crippen LogP contribution in [0.5, 0.6) is 0 Å². The molecule has 0 aromatic heterocycles. The van der Waals surface area contributed by atoms with Crippen molar-refractivity contribution in [2.45, 2.75) is 31.5 Å². The van der Waals surface area contributed by atoms with Crippen LogP contribution in [-0.2, 0) is 22.6 Å². The summed E-state index contributed by atoms with van der Waals surface area (Å²) in [5.41, 5.74) is 7.58. The Morgan fingerprint density at radius 2 is 1.64 bits per heavy atom. The Kier molecular flexibility index (Phi) is 7.89. The lowest BCUT2D eigenvalue weighted by Crippen LogP contribution is -2.22. The third kappa shape index (κ3) is 6.97. The molecule has 0 unspecified atom stereocenters. The van der Waals surface area contributed by atoms with Crippen LogP contribution in [-0.4, -0.2) is 20.6 Å². The van der Waals surface area contributed by atoms with E-state index < -0.39 is 26.5 Å². The highest BCUT2D eigenvalue weighted by Crippen LogP contribution is 2.32. The monoisotopic (exact) mass is 527 g/mol. The zero-order valence-electron chi connectivity index (χ0n) is 15.5. The highest BCUT2D eigenvalue weighted by atomic mass is 127. The van der Waals surface area contributed by atoms with E-state index in [2.05, 4.69) is 10.3 Å². The van der Waals surface area contributed by atoms with E-state index in [-0.39, 0.29) is 42.0 Å². The molecule has 2 aromatic carbocycles. The van der Waals surface area contributed by atoms with Gasteiger partial charge in [0.05, 0.1) is 17.0 Å².